The average Bonchev–Trinajstić information content (AvgIpc) is 3.59. The first-order valence-corrected chi connectivity index (χ1v) is 8.74. The molecule has 0 bridgehead atoms. The van der Waals surface area contributed by atoms with Crippen molar-refractivity contribution in [2.24, 2.45) is 10.2 Å². The molecule has 0 saturated heterocycles. The van der Waals surface area contributed by atoms with E-state index in [2.05, 4.69) is 36.5 Å². The van der Waals surface area contributed by atoms with Crippen molar-refractivity contribution in [3.63, 3.8) is 0 Å². The lowest BCUT2D eigenvalue weighted by molar-refractivity contribution is -0.116. The van der Waals surface area contributed by atoms with Crippen molar-refractivity contribution in [2.45, 2.75) is 50.1 Å². The van der Waals surface area contributed by atoms with Crippen LogP contribution in [0.1, 0.15) is 50.1 Å². The molecule has 1 N–H and O–H groups in total. The van der Waals surface area contributed by atoms with E-state index in [-0.39, 0.29) is 5.91 Å². The molecule has 0 spiro atoms. The third kappa shape index (κ3) is 3.61. The van der Waals surface area contributed by atoms with Gasteiger partial charge in [-0.2, -0.15) is 20.0 Å². The Morgan fingerprint density at radius 1 is 1.31 bits per heavy atom. The van der Waals surface area contributed by atoms with Crippen LogP contribution >= 0.6 is 0 Å². The minimum Gasteiger partial charge on any atom is -0.310 e. The van der Waals surface area contributed by atoms with Crippen molar-refractivity contribution < 1.29 is 4.79 Å². The van der Waals surface area contributed by atoms with Crippen molar-refractivity contribution in [2.75, 3.05) is 5.32 Å². The van der Waals surface area contributed by atoms with Crippen molar-refractivity contribution in [1.82, 2.24) is 19.7 Å². The van der Waals surface area contributed by atoms with E-state index in [0.29, 0.717) is 43.4 Å². The van der Waals surface area contributed by atoms with Crippen molar-refractivity contribution in [3.8, 4) is 18.3 Å². The van der Waals surface area contributed by atoms with Crippen LogP contribution in [-0.2, 0) is 4.79 Å². The van der Waals surface area contributed by atoms with Crippen LogP contribution in [0.4, 0.5) is 5.82 Å². The molecule has 0 atom stereocenters. The fourth-order valence-electron chi connectivity index (χ4n) is 2.81. The van der Waals surface area contributed by atoms with Gasteiger partial charge in [-0.25, -0.2) is 9.97 Å². The number of terminal acetylenes is 1. The summed E-state index contributed by atoms with van der Waals surface area (Å²) in [7, 11) is 0. The van der Waals surface area contributed by atoms with E-state index in [1.54, 1.807) is 23.1 Å². The average molecular weight is 349 g/mol. The second-order valence-corrected chi connectivity index (χ2v) is 6.62. The molecular weight excluding hydrogens is 330 g/mol. The number of hydrogen-bond acceptors (Lipinski definition) is 6. The molecule has 2 aromatic heterocycles. The third-order valence-corrected chi connectivity index (χ3v) is 4.54. The van der Waals surface area contributed by atoms with Crippen LogP contribution in [-0.4, -0.2) is 31.3 Å². The van der Waals surface area contributed by atoms with Crippen LogP contribution in [0.3, 0.4) is 0 Å². The van der Waals surface area contributed by atoms with E-state index in [1.165, 1.54) is 0 Å². The fraction of sp³-hybridized carbons (Fsp3) is 0.444. The van der Waals surface area contributed by atoms with Gasteiger partial charge in [-0.15, -0.1) is 12.3 Å². The van der Waals surface area contributed by atoms with Gasteiger partial charge in [0.1, 0.15) is 5.82 Å². The van der Waals surface area contributed by atoms with Crippen LogP contribution in [0.5, 0.6) is 0 Å². The first-order chi connectivity index (χ1) is 12.7. The molecule has 3 heterocycles. The van der Waals surface area contributed by atoms with Crippen molar-refractivity contribution >= 4 is 11.7 Å². The van der Waals surface area contributed by atoms with E-state index in [9.17, 15) is 4.79 Å². The number of hydrogen-bond donors (Lipinski definition) is 1. The van der Waals surface area contributed by atoms with Crippen LogP contribution in [0.2, 0.25) is 0 Å². The highest BCUT2D eigenvalue weighted by molar-refractivity contribution is 5.90. The van der Waals surface area contributed by atoms with Crippen molar-refractivity contribution in [3.05, 3.63) is 30.2 Å². The molecule has 26 heavy (non-hydrogen) atoms. The maximum atomic E-state index is 12.4. The second kappa shape index (κ2) is 6.67. The number of anilines is 1. The molecule has 1 saturated carbocycles. The highest BCUT2D eigenvalue weighted by Gasteiger charge is 2.39. The zero-order valence-electron chi connectivity index (χ0n) is 14.3. The highest BCUT2D eigenvalue weighted by atomic mass is 16.1. The third-order valence-electron chi connectivity index (χ3n) is 4.54. The summed E-state index contributed by atoms with van der Waals surface area (Å²) in [6.07, 6.45) is 13.0. The second-order valence-electron chi connectivity index (χ2n) is 6.62. The minimum absolute atomic E-state index is 0.109. The lowest BCUT2D eigenvalue weighted by atomic mass is 10.0. The fourth-order valence-corrected chi connectivity index (χ4v) is 2.81. The summed E-state index contributed by atoms with van der Waals surface area (Å²) in [5.74, 6) is 3.97. The minimum atomic E-state index is -0.453. The van der Waals surface area contributed by atoms with E-state index < -0.39 is 5.66 Å². The van der Waals surface area contributed by atoms with E-state index >= 15 is 0 Å². The molecule has 8 heteroatoms. The number of carbonyl (C=O) groups excluding carboxylic acids is 1. The Kier molecular flexibility index (Phi) is 4.21. The Hall–Kier alpha value is -3.08. The zero-order chi connectivity index (χ0) is 18.0. The van der Waals surface area contributed by atoms with E-state index in [4.69, 9.17) is 6.42 Å². The quantitative estimate of drug-likeness (QED) is 0.741. The topological polar surface area (TPSA) is 97.4 Å². The van der Waals surface area contributed by atoms with Crippen LogP contribution in [0.25, 0.3) is 5.95 Å². The maximum Gasteiger partial charge on any atom is 0.252 e. The van der Waals surface area contributed by atoms with Gasteiger partial charge in [0.25, 0.3) is 5.95 Å². The van der Waals surface area contributed by atoms with Gasteiger partial charge in [0.15, 0.2) is 5.66 Å². The Balaban J connectivity index is 1.44. The normalized spacial score (nSPS) is 16.9. The predicted molar refractivity (Wildman–Crippen MR) is 94.6 cm³/mol. The van der Waals surface area contributed by atoms with Crippen LogP contribution in [0.15, 0.2) is 34.8 Å². The summed E-state index contributed by atoms with van der Waals surface area (Å²) >= 11 is 0. The van der Waals surface area contributed by atoms with Crippen LogP contribution < -0.4 is 5.32 Å². The number of carbonyl (C=O) groups is 1. The summed E-state index contributed by atoms with van der Waals surface area (Å²) in [5, 5.41) is 15.6. The molecule has 2 aromatic rings. The van der Waals surface area contributed by atoms with Crippen LogP contribution in [0, 0.1) is 12.3 Å². The Morgan fingerprint density at radius 2 is 2.08 bits per heavy atom. The highest BCUT2D eigenvalue weighted by Crippen LogP contribution is 2.40. The first kappa shape index (κ1) is 16.4. The van der Waals surface area contributed by atoms with Gasteiger partial charge in [0.2, 0.25) is 5.91 Å². The van der Waals surface area contributed by atoms with E-state index in [1.807, 2.05) is 6.07 Å². The monoisotopic (exact) mass is 349 g/mol. The molecule has 0 radical (unpaired) electrons. The zero-order valence-corrected chi connectivity index (χ0v) is 14.3. The molecule has 1 aliphatic carbocycles. The number of nitrogens with zero attached hydrogens (tertiary/aromatic N) is 6. The molecule has 1 aliphatic heterocycles. The summed E-state index contributed by atoms with van der Waals surface area (Å²) in [6, 6.07) is 3.65. The molecule has 2 aliphatic rings. The molecule has 1 fully saturated rings. The summed E-state index contributed by atoms with van der Waals surface area (Å²) in [5.41, 5.74) is 0.511. The van der Waals surface area contributed by atoms with Gasteiger partial charge >= 0.3 is 0 Å². The van der Waals surface area contributed by atoms with Gasteiger partial charge in [-0.3, -0.25) is 4.79 Å². The predicted octanol–water partition coefficient (Wildman–Crippen LogP) is 2.83. The largest absolute Gasteiger partial charge is 0.310 e. The van der Waals surface area contributed by atoms with E-state index in [0.717, 1.165) is 18.5 Å². The molecule has 132 valence electrons. The van der Waals surface area contributed by atoms with Gasteiger partial charge in [-0.05, 0) is 18.9 Å². The number of aromatic nitrogens is 4. The van der Waals surface area contributed by atoms with Gasteiger partial charge < -0.3 is 5.32 Å². The lowest BCUT2D eigenvalue weighted by Gasteiger charge is -2.10. The summed E-state index contributed by atoms with van der Waals surface area (Å²) in [4.78, 5) is 20.9. The summed E-state index contributed by atoms with van der Waals surface area (Å²) in [6.45, 7) is 0. The number of amides is 1. The Bertz CT molecular complexity index is 871. The molecule has 1 amide bonds. The Labute approximate surface area is 151 Å². The Morgan fingerprint density at radius 3 is 2.73 bits per heavy atom. The number of rotatable bonds is 8. The van der Waals surface area contributed by atoms with Gasteiger partial charge in [0.05, 0.1) is 5.69 Å². The smallest absolute Gasteiger partial charge is 0.252 e. The molecular formula is C18H19N7O. The lowest BCUT2D eigenvalue weighted by Crippen LogP contribution is -2.19. The molecule has 8 nitrogen and oxygen atoms in total. The molecule has 0 aromatic carbocycles. The van der Waals surface area contributed by atoms with Gasteiger partial charge in [0, 0.05) is 50.1 Å². The summed E-state index contributed by atoms with van der Waals surface area (Å²) < 4.78 is 1.59. The van der Waals surface area contributed by atoms with Crippen molar-refractivity contribution in [1.29, 1.82) is 0 Å². The maximum absolute atomic E-state index is 12.4. The standard InChI is InChI=1S/C18H19N7O/c1-2-3-8-18(23-24-18)9-7-16(26)21-15-12-14(13-5-6-13)22-25(15)17-19-10-4-11-20-17/h1,4,10-13H,3,5-9H2,(H,21,26). The number of nitrogens with one attached hydrogen (secondary N) is 1. The first-order valence-electron chi connectivity index (χ1n) is 8.74. The SMILES string of the molecule is C#CCCC1(CCC(=O)Nc2cc(C3CC3)nn2-c2ncccn2)N=N1. The van der Waals surface area contributed by atoms with Gasteiger partial charge in [-0.1, -0.05) is 0 Å². The molecule has 4 rings (SSSR count). The molecule has 0 unspecified atom stereocenters.